The molecule has 4 N–H and O–H groups in total. The molecule has 0 unspecified atom stereocenters. The van der Waals surface area contributed by atoms with Gasteiger partial charge in [-0.15, -0.1) is 0 Å². The standard InChI is InChI=1S/C34H44BrN3O7/c1-19-13-20(2)15-22(4)45-31(41)18-28(25-8-10-26(39)11-9-25)37-33(43)29(17-24-7-12-30(40)27(35)16-24)38(6)34(44)23(5)36-32(42)21(3)14-19/h7-13,16,20-23,28-29,39-40H,14-15,17-18H2,1-6H3,(H,36,42)(H,37,43)/t20-,21-,22-,23-,28+,29-/m0/s1. The molecule has 0 saturated carbocycles. The van der Waals surface area contributed by atoms with E-state index >= 15 is 0 Å². The van der Waals surface area contributed by atoms with Gasteiger partial charge in [-0.2, -0.15) is 0 Å². The summed E-state index contributed by atoms with van der Waals surface area (Å²) in [5.74, 6) is -2.06. The van der Waals surface area contributed by atoms with Crippen LogP contribution in [0.2, 0.25) is 0 Å². The van der Waals surface area contributed by atoms with Crippen LogP contribution in [0.4, 0.5) is 0 Å². The Morgan fingerprint density at radius 3 is 2.24 bits per heavy atom. The quantitative estimate of drug-likeness (QED) is 0.265. The third-order valence-electron chi connectivity index (χ3n) is 7.95. The maximum absolute atomic E-state index is 14.0. The van der Waals surface area contributed by atoms with Crippen molar-refractivity contribution < 1.29 is 34.1 Å². The number of hydrogen-bond donors (Lipinski definition) is 4. The number of cyclic esters (lactones) is 1. The van der Waals surface area contributed by atoms with Crippen LogP contribution in [0, 0.1) is 11.8 Å². The number of nitrogens with one attached hydrogen (secondary N) is 2. The Bertz CT molecular complexity index is 1410. The number of carbonyl (C=O) groups excluding carboxylic acids is 4. The summed E-state index contributed by atoms with van der Waals surface area (Å²) in [5.41, 5.74) is 2.24. The second-order valence-electron chi connectivity index (χ2n) is 12.2. The number of carbonyl (C=O) groups is 4. The lowest BCUT2D eigenvalue weighted by atomic mass is 9.95. The molecular weight excluding hydrogens is 642 g/mol. The van der Waals surface area contributed by atoms with Crippen molar-refractivity contribution in [3.63, 3.8) is 0 Å². The number of nitrogens with zero attached hydrogens (tertiary/aromatic N) is 1. The lowest BCUT2D eigenvalue weighted by Crippen LogP contribution is -2.55. The zero-order valence-electron chi connectivity index (χ0n) is 26.7. The van der Waals surface area contributed by atoms with E-state index < -0.39 is 47.9 Å². The molecule has 1 aliphatic rings. The van der Waals surface area contributed by atoms with Crippen LogP contribution in [0.5, 0.6) is 11.5 Å². The number of esters is 1. The maximum atomic E-state index is 14.0. The minimum absolute atomic E-state index is 0.0261. The third kappa shape index (κ3) is 10.3. The van der Waals surface area contributed by atoms with Gasteiger partial charge in [-0.25, -0.2) is 0 Å². The highest BCUT2D eigenvalue weighted by Gasteiger charge is 2.33. The van der Waals surface area contributed by atoms with E-state index in [0.29, 0.717) is 28.4 Å². The van der Waals surface area contributed by atoms with Crippen LogP contribution < -0.4 is 10.6 Å². The van der Waals surface area contributed by atoms with Crippen LogP contribution in [0.25, 0.3) is 0 Å². The molecular formula is C34H44BrN3O7. The molecule has 2 aromatic carbocycles. The van der Waals surface area contributed by atoms with E-state index in [4.69, 9.17) is 4.74 Å². The number of hydrogen-bond acceptors (Lipinski definition) is 7. The maximum Gasteiger partial charge on any atom is 0.308 e. The van der Waals surface area contributed by atoms with Gasteiger partial charge in [0, 0.05) is 19.4 Å². The summed E-state index contributed by atoms with van der Waals surface area (Å²) < 4.78 is 6.17. The number of likely N-dealkylation sites (N-methyl/N-ethyl adjacent to an activating group) is 1. The first-order valence-corrected chi connectivity index (χ1v) is 15.9. The number of rotatable bonds is 3. The summed E-state index contributed by atoms with van der Waals surface area (Å²) in [6.07, 6.45) is 2.63. The van der Waals surface area contributed by atoms with Gasteiger partial charge < -0.3 is 30.5 Å². The molecule has 0 bridgehead atoms. The smallest absolute Gasteiger partial charge is 0.308 e. The molecule has 45 heavy (non-hydrogen) atoms. The number of aromatic hydroxyl groups is 2. The summed E-state index contributed by atoms with van der Waals surface area (Å²) in [5, 5.41) is 25.6. The van der Waals surface area contributed by atoms with Crippen molar-refractivity contribution in [2.45, 2.75) is 84.5 Å². The average molecular weight is 687 g/mol. The molecule has 10 nitrogen and oxygen atoms in total. The fraction of sp³-hybridized carbons (Fsp3) is 0.471. The van der Waals surface area contributed by atoms with E-state index in [1.807, 2.05) is 20.8 Å². The van der Waals surface area contributed by atoms with Crippen molar-refractivity contribution in [2.24, 2.45) is 11.8 Å². The van der Waals surface area contributed by atoms with Gasteiger partial charge >= 0.3 is 5.97 Å². The van der Waals surface area contributed by atoms with E-state index in [-0.39, 0.29) is 36.2 Å². The monoisotopic (exact) mass is 685 g/mol. The van der Waals surface area contributed by atoms with E-state index in [1.54, 1.807) is 38.1 Å². The highest BCUT2D eigenvalue weighted by atomic mass is 79.9. The van der Waals surface area contributed by atoms with Crippen LogP contribution in [-0.4, -0.2) is 64.0 Å². The number of benzene rings is 2. The molecule has 11 heteroatoms. The number of amides is 3. The van der Waals surface area contributed by atoms with Crippen molar-refractivity contribution >= 4 is 39.6 Å². The average Bonchev–Trinajstić information content (AvgIpc) is 2.95. The normalized spacial score (nSPS) is 26.5. The molecule has 6 atom stereocenters. The van der Waals surface area contributed by atoms with Crippen LogP contribution >= 0.6 is 15.9 Å². The molecule has 0 saturated heterocycles. The lowest BCUT2D eigenvalue weighted by molar-refractivity contribution is -0.149. The second kappa shape index (κ2) is 15.9. The second-order valence-corrected chi connectivity index (χ2v) is 13.0. The van der Waals surface area contributed by atoms with Crippen molar-refractivity contribution in [3.05, 3.63) is 69.7 Å². The molecule has 0 aromatic heterocycles. The summed E-state index contributed by atoms with van der Waals surface area (Å²) in [4.78, 5) is 55.2. The Kier molecular flexibility index (Phi) is 12.6. The molecule has 3 amide bonds. The number of ether oxygens (including phenoxy) is 1. The van der Waals surface area contributed by atoms with Gasteiger partial charge in [0.25, 0.3) is 0 Å². The minimum Gasteiger partial charge on any atom is -0.508 e. The molecule has 2 aromatic rings. The Morgan fingerprint density at radius 1 is 0.933 bits per heavy atom. The summed E-state index contributed by atoms with van der Waals surface area (Å²) in [6, 6.07) is 8.17. The van der Waals surface area contributed by atoms with E-state index in [0.717, 1.165) is 5.57 Å². The Balaban J connectivity index is 2.03. The van der Waals surface area contributed by atoms with Crippen LogP contribution in [-0.2, 0) is 30.3 Å². The predicted molar refractivity (Wildman–Crippen MR) is 174 cm³/mol. The molecule has 244 valence electrons. The molecule has 0 spiro atoms. The highest BCUT2D eigenvalue weighted by Crippen LogP contribution is 2.27. The molecule has 3 rings (SSSR count). The van der Waals surface area contributed by atoms with Gasteiger partial charge in [-0.1, -0.05) is 43.7 Å². The van der Waals surface area contributed by atoms with Crippen molar-refractivity contribution in [1.82, 2.24) is 15.5 Å². The van der Waals surface area contributed by atoms with E-state index in [1.165, 1.54) is 30.1 Å². The Hall–Kier alpha value is -3.86. The fourth-order valence-electron chi connectivity index (χ4n) is 5.62. The highest BCUT2D eigenvalue weighted by molar-refractivity contribution is 9.10. The van der Waals surface area contributed by atoms with Gasteiger partial charge in [-0.3, -0.25) is 19.2 Å². The van der Waals surface area contributed by atoms with Crippen molar-refractivity contribution in [2.75, 3.05) is 7.05 Å². The summed E-state index contributed by atoms with van der Waals surface area (Å²) in [6.45, 7) is 9.17. The number of phenolic OH excluding ortho intramolecular Hbond substituents is 2. The minimum atomic E-state index is -1.05. The molecule has 1 heterocycles. The Morgan fingerprint density at radius 2 is 1.60 bits per heavy atom. The van der Waals surface area contributed by atoms with Crippen molar-refractivity contribution in [3.8, 4) is 11.5 Å². The summed E-state index contributed by atoms with van der Waals surface area (Å²) >= 11 is 3.30. The largest absolute Gasteiger partial charge is 0.508 e. The third-order valence-corrected chi connectivity index (χ3v) is 8.59. The SMILES string of the molecule is CC1=C[C@H](C)C[C@H](C)OC(=O)C[C@H](c2ccc(O)cc2)NC(=O)[C@H](Cc2ccc(O)c(Br)c2)N(C)C(=O)[C@H](C)NC(=O)[C@@H](C)C1. The van der Waals surface area contributed by atoms with Gasteiger partial charge in [0.2, 0.25) is 17.7 Å². The van der Waals surface area contributed by atoms with Gasteiger partial charge in [0.15, 0.2) is 0 Å². The number of phenols is 2. The van der Waals surface area contributed by atoms with E-state index in [2.05, 4.69) is 32.6 Å². The first kappa shape index (κ1) is 35.6. The topological polar surface area (TPSA) is 145 Å². The first-order valence-electron chi connectivity index (χ1n) is 15.1. The van der Waals surface area contributed by atoms with Crippen LogP contribution in [0.3, 0.4) is 0 Å². The predicted octanol–water partition coefficient (Wildman–Crippen LogP) is 4.93. The Labute approximate surface area is 273 Å². The molecule has 1 aliphatic heterocycles. The van der Waals surface area contributed by atoms with E-state index in [9.17, 15) is 29.4 Å². The molecule has 0 aliphatic carbocycles. The van der Waals surface area contributed by atoms with Crippen LogP contribution in [0.1, 0.15) is 71.0 Å². The lowest BCUT2D eigenvalue weighted by Gasteiger charge is -2.32. The molecule has 0 fully saturated rings. The zero-order valence-corrected chi connectivity index (χ0v) is 28.3. The fourth-order valence-corrected chi connectivity index (χ4v) is 6.04. The van der Waals surface area contributed by atoms with Crippen molar-refractivity contribution in [1.29, 1.82) is 0 Å². The summed E-state index contributed by atoms with van der Waals surface area (Å²) in [7, 11) is 1.50. The molecule has 0 radical (unpaired) electrons. The van der Waals surface area contributed by atoms with Crippen LogP contribution in [0.15, 0.2) is 58.6 Å². The number of halogens is 1. The number of allylic oxidation sites excluding steroid dienone is 2. The zero-order chi connectivity index (χ0) is 33.4. The first-order chi connectivity index (χ1) is 21.1. The van der Waals surface area contributed by atoms with Gasteiger partial charge in [0.05, 0.1) is 23.0 Å². The van der Waals surface area contributed by atoms with Gasteiger partial charge in [-0.05, 0) is 90.9 Å². The van der Waals surface area contributed by atoms with Gasteiger partial charge in [0.1, 0.15) is 23.6 Å².